The highest BCUT2D eigenvalue weighted by Crippen LogP contribution is 2.33. The van der Waals surface area contributed by atoms with Gasteiger partial charge in [0.2, 0.25) is 0 Å². The van der Waals surface area contributed by atoms with E-state index in [1.165, 1.54) is 35.0 Å². The van der Waals surface area contributed by atoms with Gasteiger partial charge in [0, 0.05) is 22.1 Å². The molecule has 0 aliphatic carbocycles. The molecule has 3 rings (SSSR count). The van der Waals surface area contributed by atoms with Crippen LogP contribution in [0.2, 0.25) is 5.02 Å². The molecule has 0 radical (unpaired) electrons. The average molecular weight is 249 g/mol. The molecule has 0 amide bonds. The van der Waals surface area contributed by atoms with Crippen molar-refractivity contribution >= 4 is 22.5 Å². The van der Waals surface area contributed by atoms with E-state index >= 15 is 0 Å². The van der Waals surface area contributed by atoms with Gasteiger partial charge in [0.1, 0.15) is 0 Å². The van der Waals surface area contributed by atoms with Gasteiger partial charge in [0.05, 0.1) is 5.52 Å². The monoisotopic (exact) mass is 248 g/mol. The van der Waals surface area contributed by atoms with Crippen LogP contribution in [-0.4, -0.2) is 11.5 Å². The first kappa shape index (κ1) is 11.1. The van der Waals surface area contributed by atoms with E-state index in [0.29, 0.717) is 6.04 Å². The maximum atomic E-state index is 6.17. The quantitative estimate of drug-likeness (QED) is 0.788. The highest BCUT2D eigenvalue weighted by atomic mass is 35.5. The van der Waals surface area contributed by atoms with Crippen LogP contribution >= 0.6 is 11.6 Å². The molecule has 2 N–H and O–H groups in total. The molecule has 1 unspecified atom stereocenters. The lowest BCUT2D eigenvalue weighted by Gasteiger charge is -2.09. The van der Waals surface area contributed by atoms with Gasteiger partial charge in [0.25, 0.3) is 0 Å². The predicted molar refractivity (Wildman–Crippen MR) is 72.8 cm³/mol. The number of rotatable bonds is 1. The minimum atomic E-state index is 0.487. The molecule has 0 saturated carbocycles. The molecule has 1 aromatic heterocycles. The lowest BCUT2D eigenvalue weighted by atomic mass is 10.1. The Balaban J connectivity index is 2.20. The Kier molecular flexibility index (Phi) is 2.64. The van der Waals surface area contributed by atoms with Gasteiger partial charge in [-0.3, -0.25) is 0 Å². The van der Waals surface area contributed by atoms with Crippen LogP contribution < -0.4 is 5.32 Å². The number of hydrogen-bond acceptors (Lipinski definition) is 1. The molecule has 2 heterocycles. The summed E-state index contributed by atoms with van der Waals surface area (Å²) in [6.07, 6.45) is 2.49. The van der Waals surface area contributed by atoms with Crippen molar-refractivity contribution in [1.29, 1.82) is 0 Å². The summed E-state index contributed by atoms with van der Waals surface area (Å²) in [6.45, 7) is 5.40. The molecule has 3 heteroatoms. The zero-order chi connectivity index (χ0) is 12.0. The number of halogens is 1. The van der Waals surface area contributed by atoms with E-state index in [9.17, 15) is 0 Å². The van der Waals surface area contributed by atoms with E-state index in [4.69, 9.17) is 11.6 Å². The van der Waals surface area contributed by atoms with Crippen molar-refractivity contribution in [2.24, 2.45) is 0 Å². The third-order valence-electron chi connectivity index (χ3n) is 3.88. The van der Waals surface area contributed by atoms with Crippen LogP contribution in [0.5, 0.6) is 0 Å². The summed E-state index contributed by atoms with van der Waals surface area (Å²) in [7, 11) is 0. The number of H-pyrrole nitrogens is 1. The summed E-state index contributed by atoms with van der Waals surface area (Å²) in [4.78, 5) is 3.57. The fourth-order valence-corrected chi connectivity index (χ4v) is 2.97. The SMILES string of the molecule is Cc1c(C2CCCN2)[nH]c2c(C)c(Cl)ccc12. The van der Waals surface area contributed by atoms with Gasteiger partial charge in [-0.1, -0.05) is 17.7 Å². The fraction of sp³-hybridized carbons (Fsp3) is 0.429. The maximum absolute atomic E-state index is 6.17. The smallest absolute Gasteiger partial charge is 0.0503 e. The van der Waals surface area contributed by atoms with Crippen molar-refractivity contribution in [3.05, 3.63) is 34.0 Å². The molecule has 1 atom stereocenters. The van der Waals surface area contributed by atoms with Crippen LogP contribution in [0.15, 0.2) is 12.1 Å². The maximum Gasteiger partial charge on any atom is 0.0503 e. The van der Waals surface area contributed by atoms with Crippen LogP contribution in [0.1, 0.15) is 35.7 Å². The summed E-state index contributed by atoms with van der Waals surface area (Å²) >= 11 is 6.17. The number of aryl methyl sites for hydroxylation is 2. The Morgan fingerprint density at radius 1 is 1.24 bits per heavy atom. The Morgan fingerprint density at radius 2 is 2.06 bits per heavy atom. The molecule has 90 valence electrons. The van der Waals surface area contributed by atoms with Gasteiger partial charge in [-0.15, -0.1) is 0 Å². The van der Waals surface area contributed by atoms with Crippen LogP contribution in [-0.2, 0) is 0 Å². The molecule has 17 heavy (non-hydrogen) atoms. The zero-order valence-corrected chi connectivity index (χ0v) is 11.0. The number of aromatic nitrogens is 1. The normalized spacial score (nSPS) is 20.3. The van der Waals surface area contributed by atoms with E-state index in [2.05, 4.69) is 30.2 Å². The molecule has 0 spiro atoms. The van der Waals surface area contributed by atoms with Gasteiger partial charge in [-0.25, -0.2) is 0 Å². The first-order valence-corrected chi connectivity index (χ1v) is 6.57. The Hall–Kier alpha value is -0.990. The standard InChI is InChI=1S/C14H17ClN2/c1-8-10-5-6-11(15)9(2)13(10)17-14(8)12-4-3-7-16-12/h5-6,12,16-17H,3-4,7H2,1-2H3. The number of nitrogens with one attached hydrogen (secondary N) is 2. The molecule has 0 bridgehead atoms. The predicted octanol–water partition coefficient (Wildman–Crippen LogP) is 3.86. The second-order valence-corrected chi connectivity index (χ2v) is 5.31. The lowest BCUT2D eigenvalue weighted by molar-refractivity contribution is 0.629. The molecule has 1 aliphatic heterocycles. The number of hydrogen-bond donors (Lipinski definition) is 2. The molecule has 1 aliphatic rings. The summed E-state index contributed by atoms with van der Waals surface area (Å²) in [6, 6.07) is 4.60. The van der Waals surface area contributed by atoms with Crippen molar-refractivity contribution in [2.45, 2.75) is 32.7 Å². The van der Waals surface area contributed by atoms with Gasteiger partial charge in [-0.05, 0) is 50.4 Å². The minimum Gasteiger partial charge on any atom is -0.357 e. The third kappa shape index (κ3) is 1.67. The highest BCUT2D eigenvalue weighted by Gasteiger charge is 2.21. The van der Waals surface area contributed by atoms with E-state index in [1.54, 1.807) is 0 Å². The topological polar surface area (TPSA) is 27.8 Å². The van der Waals surface area contributed by atoms with Crippen LogP contribution in [0.25, 0.3) is 10.9 Å². The largest absolute Gasteiger partial charge is 0.357 e. The van der Waals surface area contributed by atoms with E-state index in [-0.39, 0.29) is 0 Å². The summed E-state index contributed by atoms with van der Waals surface area (Å²) in [5.74, 6) is 0. The van der Waals surface area contributed by atoms with Gasteiger partial charge >= 0.3 is 0 Å². The highest BCUT2D eigenvalue weighted by molar-refractivity contribution is 6.32. The van der Waals surface area contributed by atoms with Gasteiger partial charge in [0.15, 0.2) is 0 Å². The molecular formula is C14H17ClN2. The van der Waals surface area contributed by atoms with Crippen molar-refractivity contribution < 1.29 is 0 Å². The molecule has 1 aromatic carbocycles. The summed E-state index contributed by atoms with van der Waals surface area (Å²) in [5.41, 5.74) is 5.04. The van der Waals surface area contributed by atoms with E-state index in [0.717, 1.165) is 17.1 Å². The van der Waals surface area contributed by atoms with Crippen LogP contribution in [0, 0.1) is 13.8 Å². The number of benzene rings is 1. The summed E-state index contributed by atoms with van der Waals surface area (Å²) in [5, 5.41) is 5.68. The van der Waals surface area contributed by atoms with Crippen LogP contribution in [0.3, 0.4) is 0 Å². The Labute approximate surface area is 106 Å². The minimum absolute atomic E-state index is 0.487. The average Bonchev–Trinajstić information content (AvgIpc) is 2.92. The van der Waals surface area contributed by atoms with Crippen LogP contribution in [0.4, 0.5) is 0 Å². The van der Waals surface area contributed by atoms with Crippen molar-refractivity contribution in [3.63, 3.8) is 0 Å². The number of aromatic amines is 1. The fourth-order valence-electron chi connectivity index (χ4n) is 2.81. The first-order valence-electron chi connectivity index (χ1n) is 6.19. The zero-order valence-electron chi connectivity index (χ0n) is 10.2. The molecule has 1 saturated heterocycles. The molecule has 2 nitrogen and oxygen atoms in total. The second-order valence-electron chi connectivity index (χ2n) is 4.91. The van der Waals surface area contributed by atoms with Gasteiger partial charge < -0.3 is 10.3 Å². The summed E-state index contributed by atoms with van der Waals surface area (Å²) < 4.78 is 0. The van der Waals surface area contributed by atoms with Crippen molar-refractivity contribution in [1.82, 2.24) is 10.3 Å². The van der Waals surface area contributed by atoms with Crippen molar-refractivity contribution in [3.8, 4) is 0 Å². The van der Waals surface area contributed by atoms with E-state index in [1.807, 2.05) is 6.07 Å². The molecule has 2 aromatic rings. The van der Waals surface area contributed by atoms with Gasteiger partial charge in [-0.2, -0.15) is 0 Å². The first-order chi connectivity index (χ1) is 8.18. The Bertz CT molecular complexity index is 565. The molecular weight excluding hydrogens is 232 g/mol. The molecule has 1 fully saturated rings. The lowest BCUT2D eigenvalue weighted by Crippen LogP contribution is -2.13. The number of fused-ring (bicyclic) bond motifs is 1. The second kappa shape index (κ2) is 4.04. The third-order valence-corrected chi connectivity index (χ3v) is 4.28. The Morgan fingerprint density at radius 3 is 2.76 bits per heavy atom. The van der Waals surface area contributed by atoms with Crippen molar-refractivity contribution in [2.75, 3.05) is 6.54 Å². The van der Waals surface area contributed by atoms with E-state index < -0.39 is 0 Å².